The van der Waals surface area contributed by atoms with E-state index in [4.69, 9.17) is 0 Å². The molecule has 104 valence electrons. The third-order valence-electron chi connectivity index (χ3n) is 4.15. The fourth-order valence-corrected chi connectivity index (χ4v) is 3.07. The SMILES string of the molecule is O=C(c1cccn1C1CCNCC1)N1CCC(O)C1. The van der Waals surface area contributed by atoms with Crippen molar-refractivity contribution in [3.05, 3.63) is 24.0 Å². The molecule has 2 fully saturated rings. The highest BCUT2D eigenvalue weighted by Gasteiger charge is 2.28. The monoisotopic (exact) mass is 263 g/mol. The Kier molecular flexibility index (Phi) is 3.57. The van der Waals surface area contributed by atoms with Gasteiger partial charge in [-0.1, -0.05) is 0 Å². The predicted octanol–water partition coefficient (Wildman–Crippen LogP) is 0.619. The molecule has 1 unspecified atom stereocenters. The van der Waals surface area contributed by atoms with E-state index in [1.54, 1.807) is 4.90 Å². The summed E-state index contributed by atoms with van der Waals surface area (Å²) in [6.07, 6.45) is 4.48. The van der Waals surface area contributed by atoms with Crippen LogP contribution in [-0.2, 0) is 0 Å². The second-order valence-electron chi connectivity index (χ2n) is 5.48. The largest absolute Gasteiger partial charge is 0.391 e. The Balaban J connectivity index is 1.77. The zero-order chi connectivity index (χ0) is 13.2. The summed E-state index contributed by atoms with van der Waals surface area (Å²) in [6.45, 7) is 3.16. The van der Waals surface area contributed by atoms with Gasteiger partial charge in [0.25, 0.3) is 5.91 Å². The number of hydrogen-bond donors (Lipinski definition) is 2. The summed E-state index contributed by atoms with van der Waals surface area (Å²) in [5, 5.41) is 12.9. The van der Waals surface area contributed by atoms with Gasteiger partial charge in [0.1, 0.15) is 5.69 Å². The van der Waals surface area contributed by atoms with Gasteiger partial charge in [-0.05, 0) is 44.5 Å². The number of aromatic nitrogens is 1. The lowest BCUT2D eigenvalue weighted by atomic mass is 10.1. The van der Waals surface area contributed by atoms with E-state index in [9.17, 15) is 9.90 Å². The maximum Gasteiger partial charge on any atom is 0.270 e. The molecule has 0 saturated carbocycles. The van der Waals surface area contributed by atoms with Gasteiger partial charge in [0.2, 0.25) is 0 Å². The Morgan fingerprint density at radius 2 is 2.11 bits per heavy atom. The molecule has 1 atom stereocenters. The number of carbonyl (C=O) groups excluding carboxylic acids is 1. The molecule has 1 aromatic heterocycles. The molecule has 0 aliphatic carbocycles. The second kappa shape index (κ2) is 5.35. The molecular formula is C14H21N3O2. The van der Waals surface area contributed by atoms with Crippen LogP contribution in [0.5, 0.6) is 0 Å². The summed E-state index contributed by atoms with van der Waals surface area (Å²) in [5.41, 5.74) is 0.765. The van der Waals surface area contributed by atoms with E-state index in [1.807, 2.05) is 18.3 Å². The highest BCUT2D eigenvalue weighted by Crippen LogP contribution is 2.23. The zero-order valence-electron chi connectivity index (χ0n) is 11.1. The Morgan fingerprint density at radius 3 is 2.79 bits per heavy atom. The van der Waals surface area contributed by atoms with Crippen molar-refractivity contribution in [2.45, 2.75) is 31.4 Å². The van der Waals surface area contributed by atoms with Crippen molar-refractivity contribution in [3.63, 3.8) is 0 Å². The summed E-state index contributed by atoms with van der Waals surface area (Å²) in [7, 11) is 0. The summed E-state index contributed by atoms with van der Waals surface area (Å²) >= 11 is 0. The summed E-state index contributed by atoms with van der Waals surface area (Å²) < 4.78 is 2.12. The van der Waals surface area contributed by atoms with Crippen LogP contribution in [0.4, 0.5) is 0 Å². The van der Waals surface area contributed by atoms with E-state index in [2.05, 4.69) is 9.88 Å². The highest BCUT2D eigenvalue weighted by atomic mass is 16.3. The maximum absolute atomic E-state index is 12.5. The number of aliphatic hydroxyl groups excluding tert-OH is 1. The average molecular weight is 263 g/mol. The number of rotatable bonds is 2. The Bertz CT molecular complexity index is 451. The summed E-state index contributed by atoms with van der Waals surface area (Å²) in [6, 6.07) is 4.26. The topological polar surface area (TPSA) is 57.5 Å². The number of hydrogen-bond acceptors (Lipinski definition) is 3. The molecule has 3 rings (SSSR count). The van der Waals surface area contributed by atoms with Gasteiger partial charge in [-0.3, -0.25) is 4.79 Å². The van der Waals surface area contributed by atoms with Crippen LogP contribution < -0.4 is 5.32 Å². The van der Waals surface area contributed by atoms with Gasteiger partial charge < -0.3 is 19.9 Å². The quantitative estimate of drug-likeness (QED) is 0.822. The number of aliphatic hydroxyl groups is 1. The van der Waals surface area contributed by atoms with Crippen LogP contribution >= 0.6 is 0 Å². The fourth-order valence-electron chi connectivity index (χ4n) is 3.07. The molecule has 0 radical (unpaired) electrons. The van der Waals surface area contributed by atoms with Crippen LogP contribution in [0.3, 0.4) is 0 Å². The molecule has 1 amide bonds. The van der Waals surface area contributed by atoms with Gasteiger partial charge in [0.05, 0.1) is 6.10 Å². The lowest BCUT2D eigenvalue weighted by Gasteiger charge is -2.27. The van der Waals surface area contributed by atoms with Crippen molar-refractivity contribution in [1.82, 2.24) is 14.8 Å². The molecule has 5 nitrogen and oxygen atoms in total. The third kappa shape index (κ3) is 2.53. The predicted molar refractivity (Wildman–Crippen MR) is 72.1 cm³/mol. The minimum atomic E-state index is -0.355. The third-order valence-corrected chi connectivity index (χ3v) is 4.15. The molecule has 0 aromatic carbocycles. The first-order chi connectivity index (χ1) is 9.25. The van der Waals surface area contributed by atoms with E-state index in [1.165, 1.54) is 0 Å². The minimum absolute atomic E-state index is 0.0556. The van der Waals surface area contributed by atoms with Crippen molar-refractivity contribution in [2.75, 3.05) is 26.2 Å². The Labute approximate surface area is 113 Å². The number of nitrogens with one attached hydrogen (secondary N) is 1. The van der Waals surface area contributed by atoms with Crippen molar-refractivity contribution in [2.24, 2.45) is 0 Å². The zero-order valence-corrected chi connectivity index (χ0v) is 11.1. The molecule has 3 heterocycles. The maximum atomic E-state index is 12.5. The average Bonchev–Trinajstić information content (AvgIpc) is 3.07. The van der Waals surface area contributed by atoms with E-state index in [-0.39, 0.29) is 12.0 Å². The van der Waals surface area contributed by atoms with Crippen molar-refractivity contribution in [1.29, 1.82) is 0 Å². The van der Waals surface area contributed by atoms with Crippen LogP contribution in [0.2, 0.25) is 0 Å². The number of carbonyl (C=O) groups is 1. The Hall–Kier alpha value is -1.33. The van der Waals surface area contributed by atoms with Gasteiger partial charge in [-0.15, -0.1) is 0 Å². The van der Waals surface area contributed by atoms with E-state index in [0.29, 0.717) is 25.6 Å². The molecule has 0 bridgehead atoms. The Morgan fingerprint density at radius 1 is 1.32 bits per heavy atom. The van der Waals surface area contributed by atoms with Crippen molar-refractivity contribution in [3.8, 4) is 0 Å². The standard InChI is InChI=1S/C14H21N3O2/c18-12-5-9-16(10-12)14(19)13-2-1-8-17(13)11-3-6-15-7-4-11/h1-2,8,11-12,15,18H,3-7,9-10H2. The molecule has 2 aliphatic rings. The van der Waals surface area contributed by atoms with E-state index >= 15 is 0 Å². The second-order valence-corrected chi connectivity index (χ2v) is 5.48. The molecule has 2 N–H and O–H groups in total. The molecule has 1 aromatic rings. The van der Waals surface area contributed by atoms with Crippen molar-refractivity contribution >= 4 is 5.91 Å². The molecule has 0 spiro atoms. The number of likely N-dealkylation sites (tertiary alicyclic amines) is 1. The number of nitrogens with zero attached hydrogens (tertiary/aromatic N) is 2. The smallest absolute Gasteiger partial charge is 0.270 e. The number of amides is 1. The van der Waals surface area contributed by atoms with Crippen LogP contribution in [0.15, 0.2) is 18.3 Å². The van der Waals surface area contributed by atoms with Crippen molar-refractivity contribution < 1.29 is 9.90 Å². The normalized spacial score (nSPS) is 24.9. The van der Waals surface area contributed by atoms with E-state index < -0.39 is 0 Å². The van der Waals surface area contributed by atoms with Gasteiger partial charge in [-0.25, -0.2) is 0 Å². The molecule has 19 heavy (non-hydrogen) atoms. The lowest BCUT2D eigenvalue weighted by molar-refractivity contribution is 0.0750. The van der Waals surface area contributed by atoms with Gasteiger partial charge in [0, 0.05) is 25.3 Å². The van der Waals surface area contributed by atoms with E-state index in [0.717, 1.165) is 31.6 Å². The van der Waals surface area contributed by atoms with Crippen LogP contribution in [0.25, 0.3) is 0 Å². The number of piperidine rings is 1. The first kappa shape index (κ1) is 12.7. The van der Waals surface area contributed by atoms with Gasteiger partial charge in [-0.2, -0.15) is 0 Å². The van der Waals surface area contributed by atoms with Crippen LogP contribution in [-0.4, -0.2) is 52.8 Å². The fraction of sp³-hybridized carbons (Fsp3) is 0.643. The highest BCUT2D eigenvalue weighted by molar-refractivity contribution is 5.93. The first-order valence-corrected chi connectivity index (χ1v) is 7.10. The summed E-state index contributed by atoms with van der Waals surface area (Å²) in [4.78, 5) is 14.3. The van der Waals surface area contributed by atoms with Crippen LogP contribution in [0.1, 0.15) is 35.8 Å². The molecular weight excluding hydrogens is 242 g/mol. The molecule has 2 saturated heterocycles. The van der Waals surface area contributed by atoms with Gasteiger partial charge >= 0.3 is 0 Å². The minimum Gasteiger partial charge on any atom is -0.391 e. The number of β-amino-alcohol motifs (C(OH)–C–C–N with tert-alkyl or cyclic N) is 1. The molecule has 2 aliphatic heterocycles. The lowest BCUT2D eigenvalue weighted by Crippen LogP contribution is -2.34. The molecule has 5 heteroatoms. The van der Waals surface area contributed by atoms with Crippen LogP contribution in [0, 0.1) is 0 Å². The first-order valence-electron chi connectivity index (χ1n) is 7.10. The summed E-state index contributed by atoms with van der Waals surface area (Å²) in [5.74, 6) is 0.0556. The van der Waals surface area contributed by atoms with Gasteiger partial charge in [0.15, 0.2) is 0 Å².